The third kappa shape index (κ3) is 6.36. The number of nitrogens with one attached hydrogen (secondary N) is 2. The molecule has 0 fully saturated rings. The van der Waals surface area contributed by atoms with Crippen molar-refractivity contribution in [2.45, 2.75) is 25.7 Å². The van der Waals surface area contributed by atoms with Gasteiger partial charge in [0.25, 0.3) is 0 Å². The molecule has 1 atom stereocenters. The lowest BCUT2D eigenvalue weighted by Gasteiger charge is -2.15. The van der Waals surface area contributed by atoms with E-state index >= 15 is 0 Å². The predicted octanol–water partition coefficient (Wildman–Crippen LogP) is 2.42. The van der Waals surface area contributed by atoms with Gasteiger partial charge in [-0.15, -0.1) is 0 Å². The molecule has 1 aromatic carbocycles. The Kier molecular flexibility index (Phi) is 6.98. The summed E-state index contributed by atoms with van der Waals surface area (Å²) in [5.41, 5.74) is 0.220. The van der Waals surface area contributed by atoms with Gasteiger partial charge in [0, 0.05) is 32.8 Å². The maximum atomic E-state index is 12.4. The molecule has 0 bridgehead atoms. The number of halogens is 3. The van der Waals surface area contributed by atoms with Crippen molar-refractivity contribution >= 4 is 0 Å². The second-order valence-corrected chi connectivity index (χ2v) is 4.67. The highest BCUT2D eigenvalue weighted by atomic mass is 19.4. The molecule has 0 aliphatic heterocycles. The lowest BCUT2D eigenvalue weighted by molar-refractivity contribution is -0.137. The van der Waals surface area contributed by atoms with Gasteiger partial charge in [-0.25, -0.2) is 0 Å². The minimum absolute atomic E-state index is 0.231. The smallest absolute Gasteiger partial charge is 0.383 e. The highest BCUT2D eigenvalue weighted by molar-refractivity contribution is 5.24. The Labute approximate surface area is 117 Å². The van der Waals surface area contributed by atoms with Crippen molar-refractivity contribution in [3.63, 3.8) is 0 Å². The first kappa shape index (κ1) is 16.9. The summed E-state index contributed by atoms with van der Waals surface area (Å²) in [6.45, 7) is 4.79. The predicted molar refractivity (Wildman–Crippen MR) is 72.5 cm³/mol. The van der Waals surface area contributed by atoms with Gasteiger partial charge in [0.05, 0.1) is 12.2 Å². The van der Waals surface area contributed by atoms with Gasteiger partial charge in [0.1, 0.15) is 0 Å². The van der Waals surface area contributed by atoms with Crippen molar-refractivity contribution in [1.29, 1.82) is 0 Å². The van der Waals surface area contributed by atoms with E-state index in [4.69, 9.17) is 4.74 Å². The third-order valence-corrected chi connectivity index (χ3v) is 2.87. The van der Waals surface area contributed by atoms with Crippen LogP contribution in [0.5, 0.6) is 0 Å². The molecule has 3 nitrogen and oxygen atoms in total. The molecule has 0 heterocycles. The molecule has 0 saturated heterocycles. The molecule has 1 aromatic rings. The van der Waals surface area contributed by atoms with Gasteiger partial charge >= 0.3 is 6.18 Å². The molecule has 1 unspecified atom stereocenters. The van der Waals surface area contributed by atoms with Crippen LogP contribution < -0.4 is 10.6 Å². The molecular weight excluding hydrogens is 269 g/mol. The largest absolute Gasteiger partial charge is 0.416 e. The average molecular weight is 290 g/mol. The molecule has 0 aliphatic rings. The number of alkyl halides is 3. The molecule has 1 rings (SSSR count). The molecule has 0 radical (unpaired) electrons. The molecule has 6 heteroatoms. The van der Waals surface area contributed by atoms with E-state index in [1.807, 2.05) is 6.92 Å². The standard InChI is InChI=1S/C14H21F3N2O/c1-11(9-18-7-8-20-2)19-10-12-3-5-13(6-4-12)14(15,16)17/h3-6,11,18-19H,7-10H2,1-2H3. The molecule has 20 heavy (non-hydrogen) atoms. The minimum atomic E-state index is -4.27. The van der Waals surface area contributed by atoms with Crippen molar-refractivity contribution in [2.75, 3.05) is 26.8 Å². The minimum Gasteiger partial charge on any atom is -0.383 e. The molecule has 114 valence electrons. The maximum Gasteiger partial charge on any atom is 0.416 e. The van der Waals surface area contributed by atoms with Crippen LogP contribution in [-0.4, -0.2) is 32.8 Å². The highest BCUT2D eigenvalue weighted by Crippen LogP contribution is 2.28. The van der Waals surface area contributed by atoms with Crippen molar-refractivity contribution in [3.05, 3.63) is 35.4 Å². The number of ether oxygens (including phenoxy) is 1. The Morgan fingerprint density at radius 1 is 1.20 bits per heavy atom. The lowest BCUT2D eigenvalue weighted by atomic mass is 10.1. The van der Waals surface area contributed by atoms with Crippen molar-refractivity contribution < 1.29 is 17.9 Å². The topological polar surface area (TPSA) is 33.3 Å². The SMILES string of the molecule is COCCNCC(C)NCc1ccc(C(F)(F)F)cc1. The van der Waals surface area contributed by atoms with Crippen LogP contribution >= 0.6 is 0 Å². The van der Waals surface area contributed by atoms with Gasteiger partial charge in [0.2, 0.25) is 0 Å². The normalized spacial score (nSPS) is 13.4. The first-order valence-corrected chi connectivity index (χ1v) is 6.52. The molecular formula is C14H21F3N2O. The first-order chi connectivity index (χ1) is 9.43. The highest BCUT2D eigenvalue weighted by Gasteiger charge is 2.29. The van der Waals surface area contributed by atoms with Crippen LogP contribution in [0.25, 0.3) is 0 Å². The lowest BCUT2D eigenvalue weighted by Crippen LogP contribution is -2.37. The molecule has 0 spiro atoms. The quantitative estimate of drug-likeness (QED) is 0.721. The van der Waals surface area contributed by atoms with Crippen LogP contribution in [0.2, 0.25) is 0 Å². The summed E-state index contributed by atoms with van der Waals surface area (Å²) >= 11 is 0. The fraction of sp³-hybridized carbons (Fsp3) is 0.571. The Balaban J connectivity index is 2.31. The van der Waals surface area contributed by atoms with Gasteiger partial charge in [-0.3, -0.25) is 0 Å². The van der Waals surface area contributed by atoms with Crippen molar-refractivity contribution in [1.82, 2.24) is 10.6 Å². The second kappa shape index (κ2) is 8.24. The molecule has 0 amide bonds. The van der Waals surface area contributed by atoms with E-state index in [1.54, 1.807) is 7.11 Å². The Morgan fingerprint density at radius 3 is 2.40 bits per heavy atom. The van der Waals surface area contributed by atoms with E-state index < -0.39 is 11.7 Å². The van der Waals surface area contributed by atoms with E-state index in [2.05, 4.69) is 10.6 Å². The fourth-order valence-electron chi connectivity index (χ4n) is 1.67. The van der Waals surface area contributed by atoms with E-state index in [9.17, 15) is 13.2 Å². The van der Waals surface area contributed by atoms with Crippen LogP contribution in [0.1, 0.15) is 18.1 Å². The number of hydrogen-bond donors (Lipinski definition) is 2. The Morgan fingerprint density at radius 2 is 1.85 bits per heavy atom. The molecule has 0 aromatic heterocycles. The number of benzene rings is 1. The summed E-state index contributed by atoms with van der Waals surface area (Å²) < 4.78 is 42.1. The van der Waals surface area contributed by atoms with Crippen LogP contribution in [-0.2, 0) is 17.5 Å². The van der Waals surface area contributed by atoms with E-state index in [1.165, 1.54) is 12.1 Å². The maximum absolute atomic E-state index is 12.4. The van der Waals surface area contributed by atoms with Crippen LogP contribution in [0.3, 0.4) is 0 Å². The summed E-state index contributed by atoms with van der Waals surface area (Å²) in [6, 6.07) is 5.45. The van der Waals surface area contributed by atoms with Gasteiger partial charge in [0.15, 0.2) is 0 Å². The second-order valence-electron chi connectivity index (χ2n) is 4.67. The number of rotatable bonds is 8. The zero-order chi connectivity index (χ0) is 15.0. The fourth-order valence-corrected chi connectivity index (χ4v) is 1.67. The van der Waals surface area contributed by atoms with Crippen molar-refractivity contribution in [2.24, 2.45) is 0 Å². The van der Waals surface area contributed by atoms with Crippen molar-refractivity contribution in [3.8, 4) is 0 Å². The van der Waals surface area contributed by atoms with Crippen LogP contribution in [0.15, 0.2) is 24.3 Å². The first-order valence-electron chi connectivity index (χ1n) is 6.52. The Hall–Kier alpha value is -1.11. The van der Waals surface area contributed by atoms with Gasteiger partial charge < -0.3 is 15.4 Å². The van der Waals surface area contributed by atoms with Gasteiger partial charge in [-0.2, -0.15) is 13.2 Å². The number of hydrogen-bond acceptors (Lipinski definition) is 3. The van der Waals surface area contributed by atoms with Gasteiger partial charge in [-0.05, 0) is 24.6 Å². The van der Waals surface area contributed by atoms with E-state index in [0.717, 1.165) is 30.8 Å². The summed E-state index contributed by atoms with van der Waals surface area (Å²) in [5, 5.41) is 6.46. The Bertz CT molecular complexity index is 379. The van der Waals surface area contributed by atoms with Gasteiger partial charge in [-0.1, -0.05) is 12.1 Å². The van der Waals surface area contributed by atoms with Crippen LogP contribution in [0.4, 0.5) is 13.2 Å². The third-order valence-electron chi connectivity index (χ3n) is 2.87. The molecule has 0 saturated carbocycles. The number of methoxy groups -OCH3 is 1. The molecule has 0 aliphatic carbocycles. The summed E-state index contributed by atoms with van der Waals surface area (Å²) in [6.07, 6.45) is -4.27. The van der Waals surface area contributed by atoms with E-state index in [-0.39, 0.29) is 6.04 Å². The van der Waals surface area contributed by atoms with E-state index in [0.29, 0.717) is 13.2 Å². The monoisotopic (exact) mass is 290 g/mol. The zero-order valence-corrected chi connectivity index (χ0v) is 11.8. The average Bonchev–Trinajstić information content (AvgIpc) is 2.41. The molecule has 2 N–H and O–H groups in total. The summed E-state index contributed by atoms with van der Waals surface area (Å²) in [4.78, 5) is 0. The zero-order valence-electron chi connectivity index (χ0n) is 11.8. The summed E-state index contributed by atoms with van der Waals surface area (Å²) in [7, 11) is 1.65. The summed E-state index contributed by atoms with van der Waals surface area (Å²) in [5.74, 6) is 0. The van der Waals surface area contributed by atoms with Crippen LogP contribution in [0, 0.1) is 0 Å².